The molecule has 0 atom stereocenters. The summed E-state index contributed by atoms with van der Waals surface area (Å²) in [6.45, 7) is 4.40. The SMILES string of the molecule is CNc1cc(CC(C)C)nc(-c2ccc(SC)cc2)n1. The third-order valence-electron chi connectivity index (χ3n) is 3.00. The molecule has 0 unspecified atom stereocenters. The van der Waals surface area contributed by atoms with Crippen LogP contribution in [0.3, 0.4) is 0 Å². The highest BCUT2D eigenvalue weighted by Crippen LogP contribution is 2.22. The van der Waals surface area contributed by atoms with Gasteiger partial charge in [-0.2, -0.15) is 0 Å². The Morgan fingerprint density at radius 1 is 1.15 bits per heavy atom. The van der Waals surface area contributed by atoms with Crippen molar-refractivity contribution in [3.05, 3.63) is 36.0 Å². The summed E-state index contributed by atoms with van der Waals surface area (Å²) in [7, 11) is 1.89. The van der Waals surface area contributed by atoms with Crippen molar-refractivity contribution in [3.8, 4) is 11.4 Å². The molecule has 0 saturated carbocycles. The van der Waals surface area contributed by atoms with Gasteiger partial charge in [0.25, 0.3) is 0 Å². The van der Waals surface area contributed by atoms with E-state index in [1.54, 1.807) is 11.8 Å². The van der Waals surface area contributed by atoms with Crippen molar-refractivity contribution in [3.63, 3.8) is 0 Å². The number of aromatic nitrogens is 2. The van der Waals surface area contributed by atoms with Gasteiger partial charge >= 0.3 is 0 Å². The molecule has 0 saturated heterocycles. The second kappa shape index (κ2) is 6.75. The lowest BCUT2D eigenvalue weighted by atomic mass is 10.1. The zero-order valence-corrected chi connectivity index (χ0v) is 13.3. The molecule has 0 aliphatic rings. The van der Waals surface area contributed by atoms with E-state index in [1.807, 2.05) is 13.1 Å². The van der Waals surface area contributed by atoms with Gasteiger partial charge < -0.3 is 5.32 Å². The van der Waals surface area contributed by atoms with Crippen LogP contribution in [-0.2, 0) is 6.42 Å². The number of nitrogens with zero attached hydrogens (tertiary/aromatic N) is 2. The fraction of sp³-hybridized carbons (Fsp3) is 0.375. The highest BCUT2D eigenvalue weighted by Gasteiger charge is 2.08. The second-order valence-corrected chi connectivity index (χ2v) is 6.02. The Hall–Kier alpha value is -1.55. The van der Waals surface area contributed by atoms with E-state index >= 15 is 0 Å². The maximum atomic E-state index is 4.69. The molecule has 0 spiro atoms. The molecule has 20 heavy (non-hydrogen) atoms. The van der Waals surface area contributed by atoms with E-state index in [4.69, 9.17) is 0 Å². The van der Waals surface area contributed by atoms with Crippen molar-refractivity contribution in [2.24, 2.45) is 5.92 Å². The van der Waals surface area contributed by atoms with Crippen molar-refractivity contribution >= 4 is 17.6 Å². The van der Waals surface area contributed by atoms with Gasteiger partial charge in [0.05, 0.1) is 0 Å². The summed E-state index contributed by atoms with van der Waals surface area (Å²) in [5.41, 5.74) is 2.15. The summed E-state index contributed by atoms with van der Waals surface area (Å²) in [5.74, 6) is 2.25. The van der Waals surface area contributed by atoms with Gasteiger partial charge in [0, 0.05) is 29.3 Å². The Balaban J connectivity index is 2.38. The van der Waals surface area contributed by atoms with Gasteiger partial charge in [-0.3, -0.25) is 0 Å². The number of hydrogen-bond donors (Lipinski definition) is 1. The van der Waals surface area contributed by atoms with Crippen molar-refractivity contribution in [2.75, 3.05) is 18.6 Å². The summed E-state index contributed by atoms with van der Waals surface area (Å²) >= 11 is 1.74. The Kier molecular flexibility index (Phi) is 5.01. The maximum Gasteiger partial charge on any atom is 0.161 e. The lowest BCUT2D eigenvalue weighted by Gasteiger charge is -2.10. The molecule has 1 heterocycles. The lowest BCUT2D eigenvalue weighted by Crippen LogP contribution is -2.03. The van der Waals surface area contributed by atoms with Crippen LogP contribution in [0.2, 0.25) is 0 Å². The molecule has 0 aliphatic heterocycles. The van der Waals surface area contributed by atoms with E-state index in [-0.39, 0.29) is 0 Å². The smallest absolute Gasteiger partial charge is 0.161 e. The molecule has 0 aliphatic carbocycles. The molecule has 0 bridgehead atoms. The highest BCUT2D eigenvalue weighted by molar-refractivity contribution is 7.98. The minimum absolute atomic E-state index is 0.585. The molecule has 106 valence electrons. The maximum absolute atomic E-state index is 4.69. The van der Waals surface area contributed by atoms with E-state index in [0.29, 0.717) is 5.92 Å². The van der Waals surface area contributed by atoms with Gasteiger partial charge in [0.2, 0.25) is 0 Å². The van der Waals surface area contributed by atoms with Gasteiger partial charge in [-0.05, 0) is 30.7 Å². The van der Waals surface area contributed by atoms with Crippen LogP contribution in [0.15, 0.2) is 35.2 Å². The van der Waals surface area contributed by atoms with Gasteiger partial charge in [-0.25, -0.2) is 9.97 Å². The third kappa shape index (κ3) is 3.73. The molecule has 0 amide bonds. The van der Waals surface area contributed by atoms with Gasteiger partial charge in [-0.15, -0.1) is 11.8 Å². The summed E-state index contributed by atoms with van der Waals surface area (Å²) in [6, 6.07) is 10.4. The standard InChI is InChI=1S/C16H21N3S/c1-11(2)9-13-10-15(17-3)19-16(18-13)12-5-7-14(20-4)8-6-12/h5-8,10-11H,9H2,1-4H3,(H,17,18,19). The summed E-state index contributed by atoms with van der Waals surface area (Å²) in [5, 5.41) is 3.12. The van der Waals surface area contributed by atoms with Crippen LogP contribution in [0.1, 0.15) is 19.5 Å². The van der Waals surface area contributed by atoms with E-state index in [2.05, 4.69) is 59.7 Å². The number of benzene rings is 1. The molecule has 1 aromatic carbocycles. The van der Waals surface area contributed by atoms with Crippen LogP contribution in [0.5, 0.6) is 0 Å². The average Bonchev–Trinajstić information content (AvgIpc) is 2.46. The molecule has 0 fully saturated rings. The number of hydrogen-bond acceptors (Lipinski definition) is 4. The Labute approximate surface area is 125 Å². The molecule has 2 aromatic rings. The zero-order valence-electron chi connectivity index (χ0n) is 12.5. The quantitative estimate of drug-likeness (QED) is 0.840. The van der Waals surface area contributed by atoms with Crippen LogP contribution in [-0.4, -0.2) is 23.3 Å². The van der Waals surface area contributed by atoms with Gasteiger partial charge in [0.15, 0.2) is 5.82 Å². The van der Waals surface area contributed by atoms with E-state index in [9.17, 15) is 0 Å². The van der Waals surface area contributed by atoms with Crippen molar-refractivity contribution in [1.29, 1.82) is 0 Å². The number of anilines is 1. The average molecular weight is 287 g/mol. The summed E-state index contributed by atoms with van der Waals surface area (Å²) < 4.78 is 0. The molecule has 1 aromatic heterocycles. The molecule has 2 rings (SSSR count). The van der Waals surface area contributed by atoms with Crippen LogP contribution >= 0.6 is 11.8 Å². The van der Waals surface area contributed by atoms with Gasteiger partial charge in [-0.1, -0.05) is 26.0 Å². The summed E-state index contributed by atoms with van der Waals surface area (Å²) in [4.78, 5) is 10.5. The summed E-state index contributed by atoms with van der Waals surface area (Å²) in [6.07, 6.45) is 3.04. The predicted octanol–water partition coefficient (Wildman–Crippen LogP) is 4.11. The third-order valence-corrected chi connectivity index (χ3v) is 3.74. The molecular weight excluding hydrogens is 266 g/mol. The van der Waals surface area contributed by atoms with Crippen molar-refractivity contribution in [1.82, 2.24) is 9.97 Å². The molecule has 3 nitrogen and oxygen atoms in total. The second-order valence-electron chi connectivity index (χ2n) is 5.14. The Bertz CT molecular complexity index is 564. The van der Waals surface area contributed by atoms with Crippen LogP contribution in [0.4, 0.5) is 5.82 Å². The van der Waals surface area contributed by atoms with Crippen molar-refractivity contribution < 1.29 is 0 Å². The van der Waals surface area contributed by atoms with Crippen molar-refractivity contribution in [2.45, 2.75) is 25.2 Å². The van der Waals surface area contributed by atoms with E-state index in [0.717, 1.165) is 29.3 Å². The lowest BCUT2D eigenvalue weighted by molar-refractivity contribution is 0.635. The highest BCUT2D eigenvalue weighted by atomic mass is 32.2. The fourth-order valence-corrected chi connectivity index (χ4v) is 2.43. The van der Waals surface area contributed by atoms with E-state index < -0.39 is 0 Å². The Morgan fingerprint density at radius 2 is 1.85 bits per heavy atom. The molecule has 1 N–H and O–H groups in total. The normalized spacial score (nSPS) is 10.8. The first-order valence-electron chi connectivity index (χ1n) is 6.82. The minimum Gasteiger partial charge on any atom is -0.373 e. The first-order valence-corrected chi connectivity index (χ1v) is 8.05. The van der Waals surface area contributed by atoms with Gasteiger partial charge in [0.1, 0.15) is 5.82 Å². The fourth-order valence-electron chi connectivity index (χ4n) is 2.02. The van der Waals surface area contributed by atoms with E-state index in [1.165, 1.54) is 4.90 Å². The number of rotatable bonds is 5. The Morgan fingerprint density at radius 3 is 2.40 bits per heavy atom. The molecular formula is C16H21N3S. The first kappa shape index (κ1) is 14.9. The predicted molar refractivity (Wildman–Crippen MR) is 87.3 cm³/mol. The minimum atomic E-state index is 0.585. The number of nitrogens with one attached hydrogen (secondary N) is 1. The molecule has 0 radical (unpaired) electrons. The topological polar surface area (TPSA) is 37.8 Å². The molecule has 4 heteroatoms. The monoisotopic (exact) mass is 287 g/mol. The zero-order chi connectivity index (χ0) is 14.5. The largest absolute Gasteiger partial charge is 0.373 e. The number of thioether (sulfide) groups is 1. The first-order chi connectivity index (χ1) is 9.62. The van der Waals surface area contributed by atoms with Crippen LogP contribution in [0, 0.1) is 5.92 Å². The van der Waals surface area contributed by atoms with Crippen LogP contribution < -0.4 is 5.32 Å². The van der Waals surface area contributed by atoms with Crippen LogP contribution in [0.25, 0.3) is 11.4 Å².